The smallest absolute Gasteiger partial charge is 0.119 e. The Bertz CT molecular complexity index is 511. The number of nitrogens with two attached hydrogens (primary N) is 1. The molecule has 0 heterocycles. The van der Waals surface area contributed by atoms with E-state index < -0.39 is 0 Å². The second kappa shape index (κ2) is 8.45. The molecule has 1 atom stereocenters. The lowest BCUT2D eigenvalue weighted by atomic mass is 10.1. The number of hydrogen-bond donors (Lipinski definition) is 1. The largest absolute Gasteiger partial charge is 0.491 e. The maximum Gasteiger partial charge on any atom is 0.119 e. The predicted octanol–water partition coefficient (Wildman–Crippen LogP) is 3.34. The number of ether oxygens (including phenoxy) is 2. The molecule has 0 fully saturated rings. The molecule has 1 unspecified atom stereocenters. The summed E-state index contributed by atoms with van der Waals surface area (Å²) in [6.45, 7) is 3.84. The lowest BCUT2D eigenvalue weighted by molar-refractivity contribution is 0.0439. The summed E-state index contributed by atoms with van der Waals surface area (Å²) in [6, 6.07) is 18.3. The minimum absolute atomic E-state index is 0.0849. The van der Waals surface area contributed by atoms with Crippen LogP contribution in [-0.2, 0) is 11.2 Å². The highest BCUT2D eigenvalue weighted by molar-refractivity contribution is 5.27. The van der Waals surface area contributed by atoms with Crippen molar-refractivity contribution in [3.05, 3.63) is 65.7 Å². The summed E-state index contributed by atoms with van der Waals surface area (Å²) in [6.07, 6.45) is 0.986. The Hall–Kier alpha value is -1.84. The summed E-state index contributed by atoms with van der Waals surface area (Å²) >= 11 is 0. The molecular weight excluding hydrogens is 262 g/mol. The third-order valence-electron chi connectivity index (χ3n) is 3.35. The van der Waals surface area contributed by atoms with Crippen LogP contribution in [-0.4, -0.2) is 19.8 Å². The van der Waals surface area contributed by atoms with E-state index in [4.69, 9.17) is 15.2 Å². The molecule has 0 saturated carbocycles. The molecule has 0 aliphatic carbocycles. The lowest BCUT2D eigenvalue weighted by Gasteiger charge is -2.14. The molecule has 3 nitrogen and oxygen atoms in total. The van der Waals surface area contributed by atoms with Gasteiger partial charge in [-0.3, -0.25) is 0 Å². The van der Waals surface area contributed by atoms with Crippen LogP contribution in [0.5, 0.6) is 5.75 Å². The van der Waals surface area contributed by atoms with E-state index >= 15 is 0 Å². The molecule has 2 N–H and O–H groups in total. The maximum absolute atomic E-state index is 5.77. The second-order valence-electron chi connectivity index (χ2n) is 4.95. The first kappa shape index (κ1) is 15.5. The fraction of sp³-hybridized carbons (Fsp3) is 0.333. The van der Waals surface area contributed by atoms with Gasteiger partial charge in [0.1, 0.15) is 12.4 Å². The van der Waals surface area contributed by atoms with Crippen molar-refractivity contribution in [1.82, 2.24) is 0 Å². The highest BCUT2D eigenvalue weighted by Crippen LogP contribution is 2.16. The molecule has 0 aliphatic heterocycles. The van der Waals surface area contributed by atoms with Crippen LogP contribution in [0.3, 0.4) is 0 Å². The van der Waals surface area contributed by atoms with Gasteiger partial charge >= 0.3 is 0 Å². The lowest BCUT2D eigenvalue weighted by Crippen LogP contribution is -2.09. The molecule has 21 heavy (non-hydrogen) atoms. The molecular formula is C18H23NO2. The predicted molar refractivity (Wildman–Crippen MR) is 85.5 cm³/mol. The molecule has 0 aromatic heterocycles. The maximum atomic E-state index is 5.77. The SMILES string of the molecule is CC(OCCOc1ccc(CCN)cc1)c1ccccc1. The van der Waals surface area contributed by atoms with Crippen LogP contribution >= 0.6 is 0 Å². The second-order valence-corrected chi connectivity index (χ2v) is 4.95. The summed E-state index contributed by atoms with van der Waals surface area (Å²) in [7, 11) is 0. The van der Waals surface area contributed by atoms with E-state index in [1.165, 1.54) is 11.1 Å². The van der Waals surface area contributed by atoms with Gasteiger partial charge in [0.05, 0.1) is 12.7 Å². The number of rotatable bonds is 8. The van der Waals surface area contributed by atoms with Crippen molar-refractivity contribution in [2.45, 2.75) is 19.4 Å². The van der Waals surface area contributed by atoms with Crippen molar-refractivity contribution < 1.29 is 9.47 Å². The molecule has 0 bridgehead atoms. The Morgan fingerprint density at radius 3 is 2.33 bits per heavy atom. The van der Waals surface area contributed by atoms with E-state index in [-0.39, 0.29) is 6.10 Å². The highest BCUT2D eigenvalue weighted by atomic mass is 16.5. The van der Waals surface area contributed by atoms with Crippen molar-refractivity contribution in [2.24, 2.45) is 5.73 Å². The van der Waals surface area contributed by atoms with Crippen LogP contribution in [0.15, 0.2) is 54.6 Å². The van der Waals surface area contributed by atoms with Gasteiger partial charge in [-0.2, -0.15) is 0 Å². The van der Waals surface area contributed by atoms with Gasteiger partial charge in [-0.25, -0.2) is 0 Å². The van der Waals surface area contributed by atoms with Crippen molar-refractivity contribution in [3.8, 4) is 5.75 Å². The normalized spacial score (nSPS) is 12.1. The first-order chi connectivity index (χ1) is 10.3. The molecule has 112 valence electrons. The third kappa shape index (κ3) is 5.21. The monoisotopic (exact) mass is 285 g/mol. The Labute approximate surface area is 126 Å². The van der Waals surface area contributed by atoms with Crippen LogP contribution in [0.2, 0.25) is 0 Å². The fourth-order valence-electron chi connectivity index (χ4n) is 2.12. The molecule has 2 rings (SSSR count). The van der Waals surface area contributed by atoms with Gasteiger partial charge in [0.15, 0.2) is 0 Å². The van der Waals surface area contributed by atoms with E-state index in [1.807, 2.05) is 30.3 Å². The minimum Gasteiger partial charge on any atom is -0.491 e. The van der Waals surface area contributed by atoms with Crippen LogP contribution in [0, 0.1) is 0 Å². The molecule has 0 spiro atoms. The van der Waals surface area contributed by atoms with Gasteiger partial charge in [0, 0.05) is 0 Å². The van der Waals surface area contributed by atoms with Crippen LogP contribution < -0.4 is 10.5 Å². The average Bonchev–Trinajstić information content (AvgIpc) is 2.54. The number of hydrogen-bond acceptors (Lipinski definition) is 3. The topological polar surface area (TPSA) is 44.5 Å². The average molecular weight is 285 g/mol. The standard InChI is InChI=1S/C18H23NO2/c1-15(17-5-3-2-4-6-17)20-13-14-21-18-9-7-16(8-10-18)11-12-19/h2-10,15H,11-14,19H2,1H3. The molecule has 2 aromatic carbocycles. The Morgan fingerprint density at radius 1 is 0.952 bits per heavy atom. The third-order valence-corrected chi connectivity index (χ3v) is 3.35. The quantitative estimate of drug-likeness (QED) is 0.757. The van der Waals surface area contributed by atoms with E-state index in [9.17, 15) is 0 Å². The summed E-state index contributed by atoms with van der Waals surface area (Å²) in [5.41, 5.74) is 7.94. The molecule has 0 saturated heterocycles. The van der Waals surface area contributed by atoms with Crippen LogP contribution in [0.1, 0.15) is 24.2 Å². The van der Waals surface area contributed by atoms with Gasteiger partial charge in [0.2, 0.25) is 0 Å². The molecule has 0 radical (unpaired) electrons. The minimum atomic E-state index is 0.0849. The highest BCUT2D eigenvalue weighted by Gasteiger charge is 2.04. The van der Waals surface area contributed by atoms with Gasteiger partial charge in [-0.1, -0.05) is 42.5 Å². The van der Waals surface area contributed by atoms with Crippen molar-refractivity contribution >= 4 is 0 Å². The van der Waals surface area contributed by atoms with Gasteiger partial charge in [0.25, 0.3) is 0 Å². The zero-order chi connectivity index (χ0) is 14.9. The summed E-state index contributed by atoms with van der Waals surface area (Å²) in [5.74, 6) is 0.867. The molecule has 3 heteroatoms. The van der Waals surface area contributed by atoms with Gasteiger partial charge < -0.3 is 15.2 Å². The van der Waals surface area contributed by atoms with E-state index in [2.05, 4.69) is 31.2 Å². The molecule has 2 aromatic rings. The Morgan fingerprint density at radius 2 is 1.67 bits per heavy atom. The molecule has 0 amide bonds. The summed E-state index contributed by atoms with van der Waals surface area (Å²) < 4.78 is 11.4. The fourth-order valence-corrected chi connectivity index (χ4v) is 2.12. The summed E-state index contributed by atoms with van der Waals surface area (Å²) in [5, 5.41) is 0. The van der Waals surface area contributed by atoms with Crippen molar-refractivity contribution in [1.29, 1.82) is 0 Å². The first-order valence-electron chi connectivity index (χ1n) is 7.38. The van der Waals surface area contributed by atoms with E-state index in [0.717, 1.165) is 12.2 Å². The van der Waals surface area contributed by atoms with Crippen molar-refractivity contribution in [2.75, 3.05) is 19.8 Å². The Kier molecular flexibility index (Phi) is 6.25. The van der Waals surface area contributed by atoms with Crippen LogP contribution in [0.4, 0.5) is 0 Å². The van der Waals surface area contributed by atoms with E-state index in [1.54, 1.807) is 0 Å². The molecule has 0 aliphatic rings. The first-order valence-corrected chi connectivity index (χ1v) is 7.38. The van der Waals surface area contributed by atoms with Crippen LogP contribution in [0.25, 0.3) is 0 Å². The zero-order valence-corrected chi connectivity index (χ0v) is 12.5. The van der Waals surface area contributed by atoms with Gasteiger partial charge in [-0.05, 0) is 43.1 Å². The Balaban J connectivity index is 1.69. The van der Waals surface area contributed by atoms with Gasteiger partial charge in [-0.15, -0.1) is 0 Å². The number of benzene rings is 2. The van der Waals surface area contributed by atoms with Crippen molar-refractivity contribution in [3.63, 3.8) is 0 Å². The van der Waals surface area contributed by atoms with E-state index in [0.29, 0.717) is 19.8 Å². The summed E-state index contributed by atoms with van der Waals surface area (Å²) in [4.78, 5) is 0. The zero-order valence-electron chi connectivity index (χ0n) is 12.5.